The summed E-state index contributed by atoms with van der Waals surface area (Å²) < 4.78 is 0. The Bertz CT molecular complexity index is 1200. The van der Waals surface area contributed by atoms with Gasteiger partial charge in [0.15, 0.2) is 0 Å². The van der Waals surface area contributed by atoms with Crippen molar-refractivity contribution in [3.8, 4) is 17.3 Å². The van der Waals surface area contributed by atoms with Crippen LogP contribution in [-0.2, 0) is 6.54 Å². The number of rotatable bonds is 4. The van der Waals surface area contributed by atoms with Gasteiger partial charge >= 0.3 is 0 Å². The van der Waals surface area contributed by atoms with Gasteiger partial charge in [0, 0.05) is 23.1 Å². The van der Waals surface area contributed by atoms with Crippen molar-refractivity contribution in [3.05, 3.63) is 111 Å². The Morgan fingerprint density at radius 2 is 1.58 bits per heavy atom. The second kappa shape index (κ2) is 11.1. The number of nitrogens with two attached hydrogens (primary N) is 1. The lowest BCUT2D eigenvalue weighted by molar-refractivity contribution is 0.514. The summed E-state index contributed by atoms with van der Waals surface area (Å²) in [6, 6.07) is 28.5. The van der Waals surface area contributed by atoms with Gasteiger partial charge in [0.2, 0.25) is 0 Å². The minimum atomic E-state index is -0.160. The molecule has 4 aromatic rings. The first-order chi connectivity index (χ1) is 15.1. The molecule has 0 unspecified atom stereocenters. The summed E-state index contributed by atoms with van der Waals surface area (Å²) in [4.78, 5) is 4.46. The van der Waals surface area contributed by atoms with Gasteiger partial charge < -0.3 is 10.8 Å². The predicted octanol–water partition coefficient (Wildman–Crippen LogP) is 6.56. The first-order valence-corrected chi connectivity index (χ1v) is 10.7. The molecule has 0 amide bonds. The van der Waals surface area contributed by atoms with Crippen LogP contribution in [0, 0.1) is 11.3 Å². The van der Waals surface area contributed by atoms with Crippen molar-refractivity contribution in [2.45, 2.75) is 6.54 Å². The van der Waals surface area contributed by atoms with Crippen LogP contribution in [0.2, 0.25) is 5.02 Å². The Labute approximate surface area is 190 Å². The number of halogens is 1. The SMILES string of the molecule is N#CC(=C(O)c1ccccc1Cl)c1nc(-c2ccccc2)cs1.NCc1ccccc1. The molecule has 0 bridgehead atoms. The van der Waals surface area contributed by atoms with Gasteiger partial charge in [-0.15, -0.1) is 11.3 Å². The minimum Gasteiger partial charge on any atom is -0.506 e. The molecule has 0 aliphatic heterocycles. The van der Waals surface area contributed by atoms with Crippen molar-refractivity contribution >= 4 is 34.3 Å². The third-order valence-electron chi connectivity index (χ3n) is 4.34. The van der Waals surface area contributed by atoms with Gasteiger partial charge in [-0.2, -0.15) is 5.26 Å². The van der Waals surface area contributed by atoms with E-state index >= 15 is 0 Å². The third kappa shape index (κ3) is 5.80. The van der Waals surface area contributed by atoms with E-state index in [1.807, 2.05) is 72.1 Å². The lowest BCUT2D eigenvalue weighted by Gasteiger charge is -2.04. The number of hydrogen-bond donors (Lipinski definition) is 2. The van der Waals surface area contributed by atoms with E-state index in [0.717, 1.165) is 11.3 Å². The Hall–Kier alpha value is -3.43. The van der Waals surface area contributed by atoms with Crippen LogP contribution in [0.25, 0.3) is 22.6 Å². The monoisotopic (exact) mass is 445 g/mol. The van der Waals surface area contributed by atoms with Crippen molar-refractivity contribution < 1.29 is 5.11 Å². The van der Waals surface area contributed by atoms with E-state index in [9.17, 15) is 10.4 Å². The largest absolute Gasteiger partial charge is 0.506 e. The number of hydrogen-bond acceptors (Lipinski definition) is 5. The number of nitrogens with zero attached hydrogens (tertiary/aromatic N) is 2. The number of thiazole rings is 1. The normalized spacial score (nSPS) is 11.0. The van der Waals surface area contributed by atoms with Crippen molar-refractivity contribution in [2.75, 3.05) is 0 Å². The van der Waals surface area contributed by atoms with Gasteiger partial charge in [0.05, 0.1) is 10.7 Å². The lowest BCUT2D eigenvalue weighted by Crippen LogP contribution is -1.94. The van der Waals surface area contributed by atoms with E-state index in [1.54, 1.807) is 24.3 Å². The quantitative estimate of drug-likeness (QED) is 0.275. The van der Waals surface area contributed by atoms with E-state index in [-0.39, 0.29) is 11.3 Å². The van der Waals surface area contributed by atoms with Gasteiger partial charge in [-0.05, 0) is 17.7 Å². The van der Waals surface area contributed by atoms with Gasteiger partial charge in [-0.25, -0.2) is 4.98 Å². The molecule has 3 aromatic carbocycles. The maximum atomic E-state index is 10.4. The average molecular weight is 446 g/mol. The van der Waals surface area contributed by atoms with Crippen LogP contribution in [0.1, 0.15) is 16.1 Å². The first-order valence-electron chi connectivity index (χ1n) is 9.47. The Morgan fingerprint density at radius 3 is 2.16 bits per heavy atom. The lowest BCUT2D eigenvalue weighted by atomic mass is 10.1. The second-order valence-electron chi connectivity index (χ2n) is 6.41. The Balaban J connectivity index is 0.000000287. The van der Waals surface area contributed by atoms with E-state index in [1.165, 1.54) is 16.9 Å². The number of allylic oxidation sites excluding steroid dienone is 1. The van der Waals surface area contributed by atoms with Gasteiger partial charge in [0.1, 0.15) is 22.4 Å². The standard InChI is InChI=1S/C18H11ClN2OS.C7H9N/c19-15-9-5-4-8-13(15)17(22)14(10-20)18-21-16(11-23-18)12-6-2-1-3-7-12;8-6-7-4-2-1-3-5-7/h1-9,11,22H;1-5H,6,8H2. The Morgan fingerprint density at radius 1 is 0.968 bits per heavy atom. The molecule has 0 fully saturated rings. The van der Waals surface area contributed by atoms with Crippen molar-refractivity contribution in [2.24, 2.45) is 5.73 Å². The summed E-state index contributed by atoms with van der Waals surface area (Å²) >= 11 is 7.40. The van der Waals surface area contributed by atoms with Gasteiger partial charge in [0.25, 0.3) is 0 Å². The zero-order valence-electron chi connectivity index (χ0n) is 16.6. The molecule has 6 heteroatoms. The molecule has 3 N–H and O–H groups in total. The molecule has 0 aliphatic carbocycles. The number of nitriles is 1. The molecule has 0 atom stereocenters. The molecular formula is C25H20ClN3OS. The summed E-state index contributed by atoms with van der Waals surface area (Å²) in [7, 11) is 0. The molecule has 0 radical (unpaired) electrons. The van der Waals surface area contributed by atoms with Crippen molar-refractivity contribution in [1.29, 1.82) is 5.26 Å². The molecule has 0 saturated heterocycles. The minimum absolute atomic E-state index is 0.116. The third-order valence-corrected chi connectivity index (χ3v) is 5.53. The van der Waals surface area contributed by atoms with Crippen LogP contribution < -0.4 is 5.73 Å². The predicted molar refractivity (Wildman–Crippen MR) is 128 cm³/mol. The van der Waals surface area contributed by atoms with Crippen LogP contribution in [0.3, 0.4) is 0 Å². The van der Waals surface area contributed by atoms with Crippen LogP contribution in [0.5, 0.6) is 0 Å². The summed E-state index contributed by atoms with van der Waals surface area (Å²) in [5, 5.41) is 22.6. The average Bonchev–Trinajstić information content (AvgIpc) is 3.31. The number of aromatic nitrogens is 1. The summed E-state index contributed by atoms with van der Waals surface area (Å²) in [5.74, 6) is -0.160. The summed E-state index contributed by atoms with van der Waals surface area (Å²) in [6.07, 6.45) is 0. The zero-order chi connectivity index (χ0) is 22.1. The maximum Gasteiger partial charge on any atom is 0.145 e. The van der Waals surface area contributed by atoms with E-state index in [4.69, 9.17) is 17.3 Å². The van der Waals surface area contributed by atoms with Crippen molar-refractivity contribution in [1.82, 2.24) is 4.98 Å². The molecule has 0 aliphatic rings. The van der Waals surface area contributed by atoms with Crippen LogP contribution in [0.15, 0.2) is 90.3 Å². The smallest absolute Gasteiger partial charge is 0.145 e. The maximum absolute atomic E-state index is 10.4. The van der Waals surface area contributed by atoms with Crippen molar-refractivity contribution in [3.63, 3.8) is 0 Å². The highest BCUT2D eigenvalue weighted by Crippen LogP contribution is 2.32. The number of aliphatic hydroxyl groups excluding tert-OH is 1. The summed E-state index contributed by atoms with van der Waals surface area (Å²) in [5.41, 5.74) is 8.80. The highest BCUT2D eigenvalue weighted by molar-refractivity contribution is 7.11. The molecule has 1 aromatic heterocycles. The molecule has 4 rings (SSSR count). The van der Waals surface area contributed by atoms with Crippen LogP contribution in [0.4, 0.5) is 0 Å². The van der Waals surface area contributed by atoms with Crippen LogP contribution >= 0.6 is 22.9 Å². The number of benzene rings is 3. The Kier molecular flexibility index (Phi) is 7.97. The van der Waals surface area contributed by atoms with E-state index < -0.39 is 0 Å². The van der Waals surface area contributed by atoms with E-state index in [2.05, 4.69) is 4.98 Å². The van der Waals surface area contributed by atoms with Gasteiger partial charge in [-0.3, -0.25) is 0 Å². The highest BCUT2D eigenvalue weighted by atomic mass is 35.5. The highest BCUT2D eigenvalue weighted by Gasteiger charge is 2.16. The molecule has 154 valence electrons. The first kappa shape index (κ1) is 22.3. The molecular weight excluding hydrogens is 426 g/mol. The fraction of sp³-hybridized carbons (Fsp3) is 0.0400. The molecule has 0 spiro atoms. The molecule has 31 heavy (non-hydrogen) atoms. The molecule has 1 heterocycles. The number of aliphatic hydroxyl groups is 1. The fourth-order valence-corrected chi connectivity index (χ4v) is 3.78. The summed E-state index contributed by atoms with van der Waals surface area (Å²) in [6.45, 7) is 0.640. The van der Waals surface area contributed by atoms with E-state index in [0.29, 0.717) is 22.1 Å². The van der Waals surface area contributed by atoms with Crippen LogP contribution in [-0.4, -0.2) is 10.1 Å². The fourth-order valence-electron chi connectivity index (χ4n) is 2.73. The van der Waals surface area contributed by atoms with Gasteiger partial charge in [-0.1, -0.05) is 84.4 Å². The topological polar surface area (TPSA) is 82.9 Å². The molecule has 4 nitrogen and oxygen atoms in total. The zero-order valence-corrected chi connectivity index (χ0v) is 18.1. The second-order valence-corrected chi connectivity index (χ2v) is 7.67. The molecule has 0 saturated carbocycles.